The van der Waals surface area contributed by atoms with Crippen LogP contribution in [0.1, 0.15) is 52.5 Å². The van der Waals surface area contributed by atoms with Crippen molar-refractivity contribution in [2.75, 3.05) is 0 Å². The highest BCUT2D eigenvalue weighted by molar-refractivity contribution is 5.89. The molecule has 31 heavy (non-hydrogen) atoms. The van der Waals surface area contributed by atoms with Crippen molar-refractivity contribution in [1.29, 1.82) is 0 Å². The number of hydrogen-bond acceptors (Lipinski definition) is 4. The number of amides is 3. The first kappa shape index (κ1) is 24.3. The molecule has 0 bridgehead atoms. The van der Waals surface area contributed by atoms with E-state index in [9.17, 15) is 14.4 Å². The van der Waals surface area contributed by atoms with Crippen molar-refractivity contribution in [3.8, 4) is 0 Å². The van der Waals surface area contributed by atoms with Gasteiger partial charge >= 0.3 is 0 Å². The summed E-state index contributed by atoms with van der Waals surface area (Å²) in [5.74, 6) is -0.666. The highest BCUT2D eigenvalue weighted by atomic mass is 16.2. The molecule has 0 unspecified atom stereocenters. The van der Waals surface area contributed by atoms with Crippen LogP contribution in [0.3, 0.4) is 0 Å². The van der Waals surface area contributed by atoms with Crippen LogP contribution in [0.25, 0.3) is 10.8 Å². The molecule has 2 aromatic carbocycles. The minimum absolute atomic E-state index is 0.0593. The maximum Gasteiger partial charge on any atom is 0.242 e. The van der Waals surface area contributed by atoms with E-state index in [4.69, 9.17) is 5.73 Å². The summed E-state index contributed by atoms with van der Waals surface area (Å²) in [7, 11) is 0. The standard InChI is InChI=1S/C24H34N4O3/c1-16(27-22(30)14-19(25)12-13-21(29)28-24(2,3)4)23(31)26-15-18-10-7-9-17-8-5-6-11-20(17)18/h5-11,16,19H,12-15,25H2,1-4H3,(H,26,31)(H,27,30)(H,28,29)/t16-,19-/m0/s1. The average Bonchev–Trinajstić information content (AvgIpc) is 2.69. The van der Waals surface area contributed by atoms with E-state index in [1.165, 1.54) is 0 Å². The fraction of sp³-hybridized carbons (Fsp3) is 0.458. The Balaban J connectivity index is 1.76. The third-order valence-electron chi connectivity index (χ3n) is 4.81. The van der Waals surface area contributed by atoms with Crippen molar-refractivity contribution in [3.63, 3.8) is 0 Å². The number of benzene rings is 2. The predicted octanol–water partition coefficient (Wildman–Crippen LogP) is 2.37. The molecule has 7 nitrogen and oxygen atoms in total. The van der Waals surface area contributed by atoms with Crippen molar-refractivity contribution < 1.29 is 14.4 Å². The summed E-state index contributed by atoms with van der Waals surface area (Å²) in [6.07, 6.45) is 0.716. The second-order valence-electron chi connectivity index (χ2n) is 8.95. The van der Waals surface area contributed by atoms with Crippen LogP contribution in [0.15, 0.2) is 42.5 Å². The summed E-state index contributed by atoms with van der Waals surface area (Å²) in [6.45, 7) is 7.74. The Bertz CT molecular complexity index is 915. The number of nitrogens with two attached hydrogens (primary N) is 1. The molecule has 0 fully saturated rings. The molecule has 5 N–H and O–H groups in total. The second-order valence-corrected chi connectivity index (χ2v) is 8.95. The van der Waals surface area contributed by atoms with Crippen LogP contribution < -0.4 is 21.7 Å². The van der Waals surface area contributed by atoms with E-state index >= 15 is 0 Å². The molecule has 7 heteroatoms. The highest BCUT2D eigenvalue weighted by Gasteiger charge is 2.19. The maximum atomic E-state index is 12.4. The third-order valence-corrected chi connectivity index (χ3v) is 4.81. The Hall–Kier alpha value is -2.93. The van der Waals surface area contributed by atoms with E-state index in [1.54, 1.807) is 6.92 Å². The number of fused-ring (bicyclic) bond motifs is 1. The number of hydrogen-bond donors (Lipinski definition) is 4. The Labute approximate surface area is 184 Å². The zero-order chi connectivity index (χ0) is 23.0. The molecular formula is C24H34N4O3. The molecule has 0 heterocycles. The minimum Gasteiger partial charge on any atom is -0.352 e. The lowest BCUT2D eigenvalue weighted by Gasteiger charge is -2.21. The Kier molecular flexibility index (Phi) is 8.56. The fourth-order valence-corrected chi connectivity index (χ4v) is 3.29. The smallest absolute Gasteiger partial charge is 0.242 e. The number of nitrogens with one attached hydrogen (secondary N) is 3. The first-order valence-corrected chi connectivity index (χ1v) is 10.7. The summed E-state index contributed by atoms with van der Waals surface area (Å²) in [4.78, 5) is 36.5. The number of rotatable bonds is 9. The van der Waals surface area contributed by atoms with Gasteiger partial charge in [0.1, 0.15) is 6.04 Å². The van der Waals surface area contributed by atoms with Gasteiger partial charge in [0.05, 0.1) is 0 Å². The minimum atomic E-state index is -0.682. The molecule has 0 aliphatic rings. The van der Waals surface area contributed by atoms with Gasteiger partial charge in [0, 0.05) is 31.0 Å². The summed E-state index contributed by atoms with van der Waals surface area (Å²) in [5.41, 5.74) is 6.70. The van der Waals surface area contributed by atoms with Crippen LogP contribution in [0.4, 0.5) is 0 Å². The molecule has 2 atom stereocenters. The van der Waals surface area contributed by atoms with Crippen LogP contribution in [0, 0.1) is 0 Å². The number of carbonyl (C=O) groups excluding carboxylic acids is 3. The van der Waals surface area contributed by atoms with E-state index in [0.717, 1.165) is 16.3 Å². The van der Waals surface area contributed by atoms with Gasteiger partial charge in [-0.25, -0.2) is 0 Å². The predicted molar refractivity (Wildman–Crippen MR) is 123 cm³/mol. The molecular weight excluding hydrogens is 392 g/mol. The largest absolute Gasteiger partial charge is 0.352 e. The first-order valence-electron chi connectivity index (χ1n) is 10.7. The SMILES string of the molecule is C[C@H](NC(=O)C[C@@H](N)CCC(=O)NC(C)(C)C)C(=O)NCc1cccc2ccccc12. The van der Waals surface area contributed by atoms with Gasteiger partial charge in [-0.2, -0.15) is 0 Å². The van der Waals surface area contributed by atoms with Gasteiger partial charge in [0.25, 0.3) is 0 Å². The van der Waals surface area contributed by atoms with Crippen LogP contribution in [-0.2, 0) is 20.9 Å². The average molecular weight is 427 g/mol. The zero-order valence-corrected chi connectivity index (χ0v) is 18.8. The van der Waals surface area contributed by atoms with Crippen LogP contribution in [0.5, 0.6) is 0 Å². The molecule has 168 valence electrons. The van der Waals surface area contributed by atoms with Crippen molar-refractivity contribution >= 4 is 28.5 Å². The van der Waals surface area contributed by atoms with Gasteiger partial charge in [-0.15, -0.1) is 0 Å². The summed E-state index contributed by atoms with van der Waals surface area (Å²) in [5, 5.41) is 10.6. The van der Waals surface area contributed by atoms with Crippen LogP contribution >= 0.6 is 0 Å². The van der Waals surface area contributed by atoms with Crippen molar-refractivity contribution in [2.24, 2.45) is 5.73 Å². The monoisotopic (exact) mass is 426 g/mol. The lowest BCUT2D eigenvalue weighted by molar-refractivity contribution is -0.129. The molecule has 3 amide bonds. The Morgan fingerprint density at radius 2 is 1.68 bits per heavy atom. The van der Waals surface area contributed by atoms with E-state index in [-0.39, 0.29) is 36.1 Å². The van der Waals surface area contributed by atoms with E-state index in [0.29, 0.717) is 13.0 Å². The van der Waals surface area contributed by atoms with Gasteiger partial charge in [-0.1, -0.05) is 42.5 Å². The molecule has 0 radical (unpaired) electrons. The van der Waals surface area contributed by atoms with Gasteiger partial charge in [0.2, 0.25) is 17.7 Å². The molecule has 2 aromatic rings. The molecule has 0 spiro atoms. The summed E-state index contributed by atoms with van der Waals surface area (Å²) in [6, 6.07) is 12.8. The molecule has 2 rings (SSSR count). The molecule has 0 aliphatic carbocycles. The molecule has 0 aromatic heterocycles. The van der Waals surface area contributed by atoms with Gasteiger partial charge in [0.15, 0.2) is 0 Å². The second kappa shape index (κ2) is 10.9. The van der Waals surface area contributed by atoms with Crippen molar-refractivity contribution in [2.45, 2.75) is 71.1 Å². The lowest BCUT2D eigenvalue weighted by atomic mass is 10.0. The van der Waals surface area contributed by atoms with Crippen molar-refractivity contribution in [1.82, 2.24) is 16.0 Å². The molecule has 0 saturated carbocycles. The topological polar surface area (TPSA) is 113 Å². The van der Waals surface area contributed by atoms with E-state index in [2.05, 4.69) is 16.0 Å². The lowest BCUT2D eigenvalue weighted by Crippen LogP contribution is -2.46. The molecule has 0 saturated heterocycles. The van der Waals surface area contributed by atoms with Gasteiger partial charge in [-0.05, 0) is 50.5 Å². The molecule has 0 aliphatic heterocycles. The van der Waals surface area contributed by atoms with Crippen LogP contribution in [0.2, 0.25) is 0 Å². The van der Waals surface area contributed by atoms with Crippen LogP contribution in [-0.4, -0.2) is 35.3 Å². The van der Waals surface area contributed by atoms with E-state index in [1.807, 2.05) is 63.2 Å². The Morgan fingerprint density at radius 1 is 1.00 bits per heavy atom. The fourth-order valence-electron chi connectivity index (χ4n) is 3.29. The zero-order valence-electron chi connectivity index (χ0n) is 18.8. The summed E-state index contributed by atoms with van der Waals surface area (Å²) >= 11 is 0. The normalized spacial score (nSPS) is 13.3. The first-order chi connectivity index (χ1) is 14.5. The Morgan fingerprint density at radius 3 is 2.39 bits per heavy atom. The number of carbonyl (C=O) groups is 3. The third kappa shape index (κ3) is 8.38. The quantitative estimate of drug-likeness (QED) is 0.493. The van der Waals surface area contributed by atoms with Gasteiger partial charge < -0.3 is 21.7 Å². The highest BCUT2D eigenvalue weighted by Crippen LogP contribution is 2.18. The summed E-state index contributed by atoms with van der Waals surface area (Å²) < 4.78 is 0. The van der Waals surface area contributed by atoms with Crippen molar-refractivity contribution in [3.05, 3.63) is 48.0 Å². The maximum absolute atomic E-state index is 12.4. The van der Waals surface area contributed by atoms with E-state index < -0.39 is 12.1 Å². The van der Waals surface area contributed by atoms with Gasteiger partial charge in [-0.3, -0.25) is 14.4 Å².